The average Bonchev–Trinajstić information content (AvgIpc) is 2.71. The second-order valence-electron chi connectivity index (χ2n) is 4.53. The Bertz CT molecular complexity index is 498. The highest BCUT2D eigenvalue weighted by molar-refractivity contribution is 5.99. The molecule has 2 N–H and O–H groups in total. The number of aryl methyl sites for hydroxylation is 1. The summed E-state index contributed by atoms with van der Waals surface area (Å²) >= 11 is 0. The van der Waals surface area contributed by atoms with E-state index in [1.54, 1.807) is 12.1 Å². The molecule has 0 bridgehead atoms. The van der Waals surface area contributed by atoms with Gasteiger partial charge in [-0.1, -0.05) is 17.7 Å². The minimum atomic E-state index is -0.955. The highest BCUT2D eigenvalue weighted by Gasteiger charge is 2.35. The van der Waals surface area contributed by atoms with Gasteiger partial charge in [0.15, 0.2) is 0 Å². The van der Waals surface area contributed by atoms with Crippen molar-refractivity contribution in [1.82, 2.24) is 0 Å². The molecule has 0 saturated carbocycles. The molecule has 5 nitrogen and oxygen atoms in total. The Hall–Kier alpha value is -1.88. The molecule has 0 spiro atoms. The number of carboxylic acids is 1. The number of anilines is 1. The second-order valence-corrected chi connectivity index (χ2v) is 4.53. The standard InChI is InChI=1S/C13H15NO4/c1-8-2-3-11(10(4-8)7-15)14-6-9(13(17)18)5-12(14)16/h2-4,9,15H,5-7H2,1H3,(H,17,18). The summed E-state index contributed by atoms with van der Waals surface area (Å²) in [4.78, 5) is 24.2. The number of aliphatic hydroxyl groups excluding tert-OH is 1. The Balaban J connectivity index is 2.32. The predicted octanol–water partition coefficient (Wildman–Crippen LogP) is 0.925. The Morgan fingerprint density at radius 3 is 2.78 bits per heavy atom. The molecule has 1 unspecified atom stereocenters. The van der Waals surface area contributed by atoms with Crippen LogP contribution in [0.15, 0.2) is 18.2 Å². The van der Waals surface area contributed by atoms with Gasteiger partial charge < -0.3 is 15.1 Å². The fourth-order valence-electron chi connectivity index (χ4n) is 2.21. The number of nitrogens with zero attached hydrogens (tertiary/aromatic N) is 1. The first-order valence-corrected chi connectivity index (χ1v) is 5.76. The Morgan fingerprint density at radius 1 is 1.50 bits per heavy atom. The lowest BCUT2D eigenvalue weighted by molar-refractivity contribution is -0.141. The van der Waals surface area contributed by atoms with Crippen LogP contribution in [0.5, 0.6) is 0 Å². The predicted molar refractivity (Wildman–Crippen MR) is 65.2 cm³/mol. The number of carbonyl (C=O) groups excluding carboxylic acids is 1. The molecule has 18 heavy (non-hydrogen) atoms. The van der Waals surface area contributed by atoms with Gasteiger partial charge in [-0.05, 0) is 13.0 Å². The van der Waals surface area contributed by atoms with Gasteiger partial charge in [-0.15, -0.1) is 0 Å². The normalized spacial score (nSPS) is 19.3. The number of aliphatic carboxylic acids is 1. The first-order valence-electron chi connectivity index (χ1n) is 5.76. The summed E-state index contributed by atoms with van der Waals surface area (Å²) < 4.78 is 0. The van der Waals surface area contributed by atoms with Gasteiger partial charge in [0.1, 0.15) is 0 Å². The molecule has 1 saturated heterocycles. The lowest BCUT2D eigenvalue weighted by atomic mass is 10.1. The summed E-state index contributed by atoms with van der Waals surface area (Å²) in [6.45, 7) is 1.90. The maximum Gasteiger partial charge on any atom is 0.308 e. The molecular weight excluding hydrogens is 234 g/mol. The van der Waals surface area contributed by atoms with Gasteiger partial charge in [0.05, 0.1) is 12.5 Å². The van der Waals surface area contributed by atoms with E-state index in [9.17, 15) is 14.7 Å². The van der Waals surface area contributed by atoms with Gasteiger partial charge in [-0.2, -0.15) is 0 Å². The van der Waals surface area contributed by atoms with Crippen LogP contribution in [0.2, 0.25) is 0 Å². The van der Waals surface area contributed by atoms with E-state index in [1.165, 1.54) is 4.90 Å². The Labute approximate surface area is 105 Å². The topological polar surface area (TPSA) is 77.8 Å². The quantitative estimate of drug-likeness (QED) is 0.835. The van der Waals surface area contributed by atoms with E-state index in [0.717, 1.165) is 5.56 Å². The zero-order valence-corrected chi connectivity index (χ0v) is 10.1. The van der Waals surface area contributed by atoms with Crippen molar-refractivity contribution >= 4 is 17.6 Å². The maximum absolute atomic E-state index is 11.8. The van der Waals surface area contributed by atoms with Crippen LogP contribution in [0.25, 0.3) is 0 Å². The molecule has 0 aliphatic carbocycles. The molecule has 96 valence electrons. The van der Waals surface area contributed by atoms with E-state index in [0.29, 0.717) is 11.3 Å². The van der Waals surface area contributed by atoms with Crippen molar-refractivity contribution < 1.29 is 19.8 Å². The van der Waals surface area contributed by atoms with Gasteiger partial charge in [-0.25, -0.2) is 0 Å². The molecule has 1 fully saturated rings. The van der Waals surface area contributed by atoms with Crippen molar-refractivity contribution in [2.75, 3.05) is 11.4 Å². The van der Waals surface area contributed by atoms with Crippen molar-refractivity contribution in [2.45, 2.75) is 20.0 Å². The fraction of sp³-hybridized carbons (Fsp3) is 0.385. The summed E-state index contributed by atoms with van der Waals surface area (Å²) in [5, 5.41) is 18.2. The lowest BCUT2D eigenvalue weighted by Crippen LogP contribution is -2.26. The minimum absolute atomic E-state index is 0.0219. The number of aliphatic hydroxyl groups is 1. The second kappa shape index (κ2) is 4.78. The first-order chi connectivity index (χ1) is 8.52. The number of carboxylic acid groups (broad SMARTS) is 1. The third kappa shape index (κ3) is 2.22. The van der Waals surface area contributed by atoms with Gasteiger partial charge >= 0.3 is 5.97 Å². The summed E-state index contributed by atoms with van der Waals surface area (Å²) in [5.41, 5.74) is 2.25. The van der Waals surface area contributed by atoms with Gasteiger partial charge in [-0.3, -0.25) is 9.59 Å². The number of rotatable bonds is 3. The number of amides is 1. The van der Waals surface area contributed by atoms with Crippen LogP contribution in [-0.4, -0.2) is 28.6 Å². The number of hydrogen-bond donors (Lipinski definition) is 2. The van der Waals surface area contributed by atoms with Crippen LogP contribution in [-0.2, 0) is 16.2 Å². The fourth-order valence-corrected chi connectivity index (χ4v) is 2.21. The van der Waals surface area contributed by atoms with Crippen molar-refractivity contribution in [3.63, 3.8) is 0 Å². The molecule has 0 aromatic heterocycles. The summed E-state index contributed by atoms with van der Waals surface area (Å²) in [6, 6.07) is 5.40. The molecule has 1 aliphatic rings. The average molecular weight is 249 g/mol. The van der Waals surface area contributed by atoms with E-state index in [2.05, 4.69) is 0 Å². The maximum atomic E-state index is 11.8. The van der Waals surface area contributed by atoms with Crippen molar-refractivity contribution in [3.8, 4) is 0 Å². The number of carbonyl (C=O) groups is 2. The largest absolute Gasteiger partial charge is 0.481 e. The minimum Gasteiger partial charge on any atom is -0.481 e. The SMILES string of the molecule is Cc1ccc(N2CC(C(=O)O)CC2=O)c(CO)c1. The van der Waals surface area contributed by atoms with Crippen molar-refractivity contribution in [1.29, 1.82) is 0 Å². The van der Waals surface area contributed by atoms with Crippen LogP contribution < -0.4 is 4.90 Å². The highest BCUT2D eigenvalue weighted by Crippen LogP contribution is 2.29. The molecule has 0 radical (unpaired) electrons. The van der Waals surface area contributed by atoms with Crippen LogP contribution in [0.1, 0.15) is 17.5 Å². The third-order valence-corrected chi connectivity index (χ3v) is 3.17. The third-order valence-electron chi connectivity index (χ3n) is 3.17. The number of benzene rings is 1. The van der Waals surface area contributed by atoms with Crippen LogP contribution in [0.3, 0.4) is 0 Å². The Kier molecular flexibility index (Phi) is 3.34. The van der Waals surface area contributed by atoms with Gasteiger partial charge in [0, 0.05) is 24.2 Å². The molecule has 1 amide bonds. The van der Waals surface area contributed by atoms with Crippen molar-refractivity contribution in [3.05, 3.63) is 29.3 Å². The summed E-state index contributed by atoms with van der Waals surface area (Å²) in [6.07, 6.45) is 0.0219. The number of hydrogen-bond acceptors (Lipinski definition) is 3. The Morgan fingerprint density at radius 2 is 2.22 bits per heavy atom. The highest BCUT2D eigenvalue weighted by atomic mass is 16.4. The van der Waals surface area contributed by atoms with Crippen molar-refractivity contribution in [2.24, 2.45) is 5.92 Å². The summed E-state index contributed by atoms with van der Waals surface area (Å²) in [7, 11) is 0. The summed E-state index contributed by atoms with van der Waals surface area (Å²) in [5.74, 6) is -1.82. The molecule has 2 rings (SSSR count). The van der Waals surface area contributed by atoms with Crippen LogP contribution in [0, 0.1) is 12.8 Å². The van der Waals surface area contributed by atoms with Gasteiger partial charge in [0.25, 0.3) is 0 Å². The lowest BCUT2D eigenvalue weighted by Gasteiger charge is -2.19. The van der Waals surface area contributed by atoms with Crippen LogP contribution in [0.4, 0.5) is 5.69 Å². The zero-order chi connectivity index (χ0) is 13.3. The first kappa shape index (κ1) is 12.6. The molecule has 1 aromatic rings. The zero-order valence-electron chi connectivity index (χ0n) is 10.1. The van der Waals surface area contributed by atoms with E-state index < -0.39 is 11.9 Å². The van der Waals surface area contributed by atoms with Gasteiger partial charge in [0.2, 0.25) is 5.91 Å². The smallest absolute Gasteiger partial charge is 0.308 e. The van der Waals surface area contributed by atoms with E-state index in [4.69, 9.17) is 5.11 Å². The molecule has 1 heterocycles. The monoisotopic (exact) mass is 249 g/mol. The van der Waals surface area contributed by atoms with E-state index in [-0.39, 0.29) is 25.5 Å². The van der Waals surface area contributed by atoms with Crippen LogP contribution >= 0.6 is 0 Å². The molecule has 1 aliphatic heterocycles. The molecular formula is C13H15NO4. The van der Waals surface area contributed by atoms with E-state index in [1.807, 2.05) is 13.0 Å². The molecule has 1 atom stereocenters. The molecule has 1 aromatic carbocycles. The van der Waals surface area contributed by atoms with E-state index >= 15 is 0 Å². The molecule has 5 heteroatoms.